The van der Waals surface area contributed by atoms with E-state index in [1.54, 1.807) is 0 Å². The summed E-state index contributed by atoms with van der Waals surface area (Å²) < 4.78 is 0. The molecule has 0 fully saturated rings. The van der Waals surface area contributed by atoms with E-state index in [0.29, 0.717) is 6.42 Å². The van der Waals surface area contributed by atoms with E-state index in [4.69, 9.17) is 0 Å². The molecule has 0 radical (unpaired) electrons. The number of carbonyl (C=O) groups excluding carboxylic acids is 1. The maximum absolute atomic E-state index is 12.2. The molecule has 2 N–H and O–H groups in total. The average molecular weight is 305 g/mol. The SMILES string of the molecule is CN(C)c1ccc2c(c1)NC(=O)CC2c1cccc2cc[nH]c12. The number of amides is 1. The predicted octanol–water partition coefficient (Wildman–Crippen LogP) is 3.71. The molecule has 4 rings (SSSR count). The van der Waals surface area contributed by atoms with Gasteiger partial charge in [0.1, 0.15) is 0 Å². The fourth-order valence-corrected chi connectivity index (χ4v) is 3.41. The third-order valence-electron chi connectivity index (χ3n) is 4.59. The highest BCUT2D eigenvalue weighted by atomic mass is 16.1. The fraction of sp³-hybridized carbons (Fsp3) is 0.211. The van der Waals surface area contributed by atoms with Crippen LogP contribution in [0, 0.1) is 0 Å². The first-order valence-electron chi connectivity index (χ1n) is 7.80. The third-order valence-corrected chi connectivity index (χ3v) is 4.59. The number of carbonyl (C=O) groups is 1. The largest absolute Gasteiger partial charge is 0.378 e. The van der Waals surface area contributed by atoms with E-state index >= 15 is 0 Å². The van der Waals surface area contributed by atoms with E-state index in [9.17, 15) is 4.79 Å². The van der Waals surface area contributed by atoms with Crippen molar-refractivity contribution in [1.82, 2.24) is 4.98 Å². The van der Waals surface area contributed by atoms with Crippen LogP contribution in [0.4, 0.5) is 11.4 Å². The quantitative estimate of drug-likeness (QED) is 0.758. The molecule has 1 aromatic heterocycles. The Morgan fingerprint density at radius 1 is 1.09 bits per heavy atom. The van der Waals surface area contributed by atoms with Crippen molar-refractivity contribution in [1.29, 1.82) is 0 Å². The van der Waals surface area contributed by atoms with Gasteiger partial charge in [-0.3, -0.25) is 4.79 Å². The van der Waals surface area contributed by atoms with Crippen LogP contribution in [-0.2, 0) is 4.79 Å². The van der Waals surface area contributed by atoms with Gasteiger partial charge >= 0.3 is 0 Å². The van der Waals surface area contributed by atoms with Crippen molar-refractivity contribution in [3.63, 3.8) is 0 Å². The second kappa shape index (κ2) is 5.16. The van der Waals surface area contributed by atoms with Gasteiger partial charge in [0.05, 0.1) is 0 Å². The van der Waals surface area contributed by atoms with E-state index in [-0.39, 0.29) is 11.8 Å². The standard InChI is InChI=1S/C19H19N3O/c1-22(2)13-6-7-14-16(11-18(23)21-17(14)10-13)15-5-3-4-12-8-9-20-19(12)15/h3-10,16,20H,11H2,1-2H3,(H,21,23). The number of nitrogens with one attached hydrogen (secondary N) is 2. The molecule has 23 heavy (non-hydrogen) atoms. The summed E-state index contributed by atoms with van der Waals surface area (Å²) in [6.07, 6.45) is 2.43. The molecule has 2 heterocycles. The summed E-state index contributed by atoms with van der Waals surface area (Å²) in [5, 5.41) is 4.20. The number of hydrogen-bond donors (Lipinski definition) is 2. The van der Waals surface area contributed by atoms with Crippen molar-refractivity contribution in [2.24, 2.45) is 0 Å². The van der Waals surface area contributed by atoms with Gasteiger partial charge in [-0.2, -0.15) is 0 Å². The lowest BCUT2D eigenvalue weighted by molar-refractivity contribution is -0.116. The molecule has 1 atom stereocenters. The lowest BCUT2D eigenvalue weighted by Gasteiger charge is -2.28. The van der Waals surface area contributed by atoms with Crippen LogP contribution in [-0.4, -0.2) is 25.0 Å². The van der Waals surface area contributed by atoms with Crippen LogP contribution in [0.1, 0.15) is 23.5 Å². The van der Waals surface area contributed by atoms with Crippen LogP contribution < -0.4 is 10.2 Å². The van der Waals surface area contributed by atoms with E-state index in [2.05, 4.69) is 46.7 Å². The Bertz CT molecular complexity index is 895. The molecule has 0 saturated heterocycles. The Morgan fingerprint density at radius 2 is 1.96 bits per heavy atom. The molecule has 1 aliphatic heterocycles. The average Bonchev–Trinajstić information content (AvgIpc) is 3.01. The van der Waals surface area contributed by atoms with Crippen molar-refractivity contribution >= 4 is 28.2 Å². The molecular formula is C19H19N3O. The first-order chi connectivity index (χ1) is 11.1. The number of anilines is 2. The van der Waals surface area contributed by atoms with Crippen LogP contribution in [0.2, 0.25) is 0 Å². The minimum Gasteiger partial charge on any atom is -0.378 e. The molecule has 4 heteroatoms. The second-order valence-corrected chi connectivity index (χ2v) is 6.26. The lowest BCUT2D eigenvalue weighted by Crippen LogP contribution is -2.24. The smallest absolute Gasteiger partial charge is 0.225 e. The summed E-state index contributed by atoms with van der Waals surface area (Å²) in [5.41, 5.74) is 5.48. The Labute approximate surface area is 135 Å². The van der Waals surface area contributed by atoms with Crippen LogP contribution in [0.15, 0.2) is 48.7 Å². The normalized spacial score (nSPS) is 17.0. The zero-order valence-electron chi connectivity index (χ0n) is 13.3. The van der Waals surface area contributed by atoms with Crippen LogP contribution in [0.25, 0.3) is 10.9 Å². The number of benzene rings is 2. The number of nitrogens with zero attached hydrogens (tertiary/aromatic N) is 1. The Kier molecular flexibility index (Phi) is 3.11. The van der Waals surface area contributed by atoms with Gasteiger partial charge < -0.3 is 15.2 Å². The molecule has 1 unspecified atom stereocenters. The topological polar surface area (TPSA) is 48.1 Å². The first kappa shape index (κ1) is 13.9. The number of aromatic amines is 1. The minimum absolute atomic E-state index is 0.0713. The summed E-state index contributed by atoms with van der Waals surface area (Å²) in [6, 6.07) is 14.6. The Balaban J connectivity index is 1.88. The Morgan fingerprint density at radius 3 is 2.78 bits per heavy atom. The summed E-state index contributed by atoms with van der Waals surface area (Å²) >= 11 is 0. The van der Waals surface area contributed by atoms with E-state index in [0.717, 1.165) is 16.9 Å². The number of para-hydroxylation sites is 1. The molecular weight excluding hydrogens is 286 g/mol. The summed E-state index contributed by atoms with van der Waals surface area (Å²) in [6.45, 7) is 0. The fourth-order valence-electron chi connectivity index (χ4n) is 3.41. The molecule has 1 aliphatic rings. The minimum atomic E-state index is 0.0713. The Hall–Kier alpha value is -2.75. The van der Waals surface area contributed by atoms with Gasteiger partial charge in [0, 0.05) is 49.5 Å². The van der Waals surface area contributed by atoms with Gasteiger partial charge in [-0.15, -0.1) is 0 Å². The molecule has 0 saturated carbocycles. The highest BCUT2D eigenvalue weighted by Gasteiger charge is 2.28. The van der Waals surface area contributed by atoms with Gasteiger partial charge in [0.15, 0.2) is 0 Å². The van der Waals surface area contributed by atoms with E-state index in [1.165, 1.54) is 16.5 Å². The van der Waals surface area contributed by atoms with Crippen molar-refractivity contribution in [2.45, 2.75) is 12.3 Å². The summed E-state index contributed by atoms with van der Waals surface area (Å²) in [7, 11) is 4.01. The zero-order valence-corrected chi connectivity index (χ0v) is 13.3. The summed E-state index contributed by atoms with van der Waals surface area (Å²) in [4.78, 5) is 17.6. The van der Waals surface area contributed by atoms with Crippen molar-refractivity contribution in [2.75, 3.05) is 24.3 Å². The maximum Gasteiger partial charge on any atom is 0.225 e. The zero-order chi connectivity index (χ0) is 16.0. The van der Waals surface area contributed by atoms with Crippen molar-refractivity contribution in [3.05, 3.63) is 59.8 Å². The first-order valence-corrected chi connectivity index (χ1v) is 7.80. The number of aromatic nitrogens is 1. The highest BCUT2D eigenvalue weighted by Crippen LogP contribution is 2.40. The van der Waals surface area contributed by atoms with Gasteiger partial charge in [-0.1, -0.05) is 24.3 Å². The van der Waals surface area contributed by atoms with Gasteiger partial charge in [0.25, 0.3) is 0 Å². The van der Waals surface area contributed by atoms with Crippen LogP contribution in [0.3, 0.4) is 0 Å². The molecule has 0 aliphatic carbocycles. The molecule has 1 amide bonds. The number of fused-ring (bicyclic) bond motifs is 2. The third kappa shape index (κ3) is 2.27. The monoisotopic (exact) mass is 305 g/mol. The number of hydrogen-bond acceptors (Lipinski definition) is 2. The molecule has 3 aromatic rings. The molecule has 116 valence electrons. The maximum atomic E-state index is 12.2. The molecule has 4 nitrogen and oxygen atoms in total. The molecule has 0 bridgehead atoms. The van der Waals surface area contributed by atoms with Crippen LogP contribution >= 0.6 is 0 Å². The van der Waals surface area contributed by atoms with Crippen molar-refractivity contribution < 1.29 is 4.79 Å². The van der Waals surface area contributed by atoms with Crippen molar-refractivity contribution in [3.8, 4) is 0 Å². The van der Waals surface area contributed by atoms with Gasteiger partial charge in [0.2, 0.25) is 5.91 Å². The lowest BCUT2D eigenvalue weighted by atomic mass is 9.84. The van der Waals surface area contributed by atoms with E-state index in [1.807, 2.05) is 31.3 Å². The number of rotatable bonds is 2. The van der Waals surface area contributed by atoms with Crippen LogP contribution in [0.5, 0.6) is 0 Å². The predicted molar refractivity (Wildman–Crippen MR) is 94.2 cm³/mol. The molecule has 0 spiro atoms. The van der Waals surface area contributed by atoms with Gasteiger partial charge in [-0.05, 0) is 34.7 Å². The summed E-state index contributed by atoms with van der Waals surface area (Å²) in [5.74, 6) is 0.152. The number of H-pyrrole nitrogens is 1. The van der Waals surface area contributed by atoms with E-state index < -0.39 is 0 Å². The highest BCUT2D eigenvalue weighted by molar-refractivity contribution is 5.97. The second-order valence-electron chi connectivity index (χ2n) is 6.26. The molecule has 2 aromatic carbocycles. The van der Waals surface area contributed by atoms with Gasteiger partial charge in [-0.25, -0.2) is 0 Å².